The quantitative estimate of drug-likeness (QED) is 0.174. The number of hydrogen-bond donors (Lipinski definition) is 0. The molecule has 6 aromatic carbocycles. The first-order valence-corrected chi connectivity index (χ1v) is 19.0. The third-order valence-electron chi connectivity index (χ3n) is 11.6. The van der Waals surface area contributed by atoms with Crippen molar-refractivity contribution in [1.82, 2.24) is 9.13 Å². The van der Waals surface area contributed by atoms with Crippen molar-refractivity contribution < 1.29 is 0 Å². The van der Waals surface area contributed by atoms with Gasteiger partial charge >= 0.3 is 0 Å². The molecule has 4 heteroatoms. The van der Waals surface area contributed by atoms with Crippen LogP contribution in [0.5, 0.6) is 0 Å². The molecule has 2 aliphatic carbocycles. The maximum atomic E-state index is 2.52. The van der Waals surface area contributed by atoms with Crippen molar-refractivity contribution in [2.75, 3.05) is 0 Å². The second-order valence-corrected chi connectivity index (χ2v) is 16.2. The van der Waals surface area contributed by atoms with Gasteiger partial charge < -0.3 is 9.13 Å². The van der Waals surface area contributed by atoms with Crippen molar-refractivity contribution >= 4 is 103 Å². The van der Waals surface area contributed by atoms with E-state index in [1.807, 2.05) is 22.7 Å². The molecule has 0 radical (unpaired) electrons. The molecule has 1 fully saturated rings. The van der Waals surface area contributed by atoms with E-state index in [0.29, 0.717) is 5.92 Å². The predicted molar refractivity (Wildman–Crippen MR) is 212 cm³/mol. The van der Waals surface area contributed by atoms with E-state index in [0.717, 1.165) is 11.8 Å². The van der Waals surface area contributed by atoms with Crippen LogP contribution < -0.4 is 0 Å². The first kappa shape index (κ1) is 26.8. The molecule has 12 rings (SSSR count). The summed E-state index contributed by atoms with van der Waals surface area (Å²) in [5.74, 6) is 2.16. The van der Waals surface area contributed by atoms with E-state index in [-0.39, 0.29) is 0 Å². The summed E-state index contributed by atoms with van der Waals surface area (Å²) in [6.45, 7) is 2.46. The van der Waals surface area contributed by atoms with Gasteiger partial charge in [-0.05, 0) is 95.8 Å². The van der Waals surface area contributed by atoms with Crippen LogP contribution >= 0.6 is 22.7 Å². The van der Waals surface area contributed by atoms with Gasteiger partial charge in [-0.2, -0.15) is 0 Å². The van der Waals surface area contributed by atoms with E-state index in [2.05, 4.69) is 150 Å². The summed E-state index contributed by atoms with van der Waals surface area (Å²) in [5, 5.41) is 9.45. The number of para-hydroxylation sites is 3. The lowest BCUT2D eigenvalue weighted by Crippen LogP contribution is -1.98. The maximum absolute atomic E-state index is 2.52. The molecule has 4 aromatic heterocycles. The van der Waals surface area contributed by atoms with Crippen LogP contribution in [0.25, 0.3) is 91.3 Å². The Kier molecular flexibility index (Phi) is 5.19. The smallest absolute Gasteiger partial charge is 0.0555 e. The molecule has 49 heavy (non-hydrogen) atoms. The van der Waals surface area contributed by atoms with Gasteiger partial charge in [-0.1, -0.05) is 79.7 Å². The molecule has 0 amide bonds. The number of nitrogens with zero attached hydrogens (tertiary/aromatic N) is 2. The molecule has 4 heterocycles. The van der Waals surface area contributed by atoms with Crippen LogP contribution in [0.4, 0.5) is 0 Å². The molecule has 2 aliphatic rings. The molecule has 0 aliphatic heterocycles. The molecular formula is C45H30N2S2. The van der Waals surface area contributed by atoms with Gasteiger partial charge in [-0.25, -0.2) is 0 Å². The zero-order valence-electron chi connectivity index (χ0n) is 26.9. The SMILES string of the molecule is CC1c2c(sc3ccc(-n4c5ccccc5c5c6sc7c(ccc8c7c7ccccc7n8-c7ccccc7)c6ccc54)cc23)C=CC2CC21. The van der Waals surface area contributed by atoms with Gasteiger partial charge in [0.15, 0.2) is 0 Å². The largest absolute Gasteiger partial charge is 0.309 e. The van der Waals surface area contributed by atoms with E-state index in [9.17, 15) is 0 Å². The van der Waals surface area contributed by atoms with Crippen LogP contribution in [0.2, 0.25) is 0 Å². The van der Waals surface area contributed by atoms with Gasteiger partial charge in [0.05, 0.1) is 22.1 Å². The van der Waals surface area contributed by atoms with Gasteiger partial charge in [0, 0.05) is 62.7 Å². The van der Waals surface area contributed by atoms with Gasteiger partial charge in [0.1, 0.15) is 0 Å². The summed E-state index contributed by atoms with van der Waals surface area (Å²) in [5.41, 5.74) is 9.06. The molecule has 0 saturated heterocycles. The molecule has 2 nitrogen and oxygen atoms in total. The molecule has 10 aromatic rings. The Hall–Kier alpha value is -5.16. The number of benzene rings is 6. The molecule has 3 unspecified atom stereocenters. The zero-order chi connectivity index (χ0) is 32.0. The lowest BCUT2D eigenvalue weighted by atomic mass is 9.93. The minimum Gasteiger partial charge on any atom is -0.309 e. The topological polar surface area (TPSA) is 9.86 Å². The van der Waals surface area contributed by atoms with Crippen molar-refractivity contribution in [2.45, 2.75) is 19.3 Å². The molecule has 1 saturated carbocycles. The fraction of sp³-hybridized carbons (Fsp3) is 0.111. The summed E-state index contributed by atoms with van der Waals surface area (Å²) in [4.78, 5) is 1.46. The van der Waals surface area contributed by atoms with Gasteiger partial charge in [0.25, 0.3) is 0 Å². The Bertz CT molecular complexity index is 3060. The van der Waals surface area contributed by atoms with Crippen LogP contribution in [0.3, 0.4) is 0 Å². The highest BCUT2D eigenvalue weighted by molar-refractivity contribution is 7.27. The Morgan fingerprint density at radius 1 is 0.551 bits per heavy atom. The number of rotatable bonds is 2. The van der Waals surface area contributed by atoms with E-state index in [1.54, 1.807) is 5.56 Å². The molecule has 0 N–H and O–H groups in total. The normalized spacial score (nSPS) is 18.8. The summed E-state index contributed by atoms with van der Waals surface area (Å²) in [6.07, 6.45) is 6.23. The number of fused-ring (bicyclic) bond motifs is 15. The van der Waals surface area contributed by atoms with Crippen LogP contribution in [-0.2, 0) is 0 Å². The van der Waals surface area contributed by atoms with Crippen LogP contribution in [0, 0.1) is 11.8 Å². The summed E-state index contributed by atoms with van der Waals surface area (Å²) >= 11 is 3.93. The number of allylic oxidation sites excluding steroid dienone is 1. The summed E-state index contributed by atoms with van der Waals surface area (Å²) in [6, 6.07) is 45.3. The van der Waals surface area contributed by atoms with Crippen molar-refractivity contribution in [3.63, 3.8) is 0 Å². The zero-order valence-corrected chi connectivity index (χ0v) is 28.5. The molecule has 232 valence electrons. The third-order valence-corrected chi connectivity index (χ3v) is 14.0. The van der Waals surface area contributed by atoms with E-state index in [4.69, 9.17) is 0 Å². The first-order chi connectivity index (χ1) is 24.2. The van der Waals surface area contributed by atoms with E-state index >= 15 is 0 Å². The van der Waals surface area contributed by atoms with Crippen LogP contribution in [0.1, 0.15) is 29.7 Å². The van der Waals surface area contributed by atoms with Crippen LogP contribution in [0.15, 0.2) is 127 Å². The average molecular weight is 663 g/mol. The minimum atomic E-state index is 0.597. The summed E-state index contributed by atoms with van der Waals surface area (Å²) in [7, 11) is 0. The van der Waals surface area contributed by atoms with Crippen molar-refractivity contribution in [2.24, 2.45) is 11.8 Å². The monoisotopic (exact) mass is 662 g/mol. The van der Waals surface area contributed by atoms with Crippen molar-refractivity contribution in [1.29, 1.82) is 0 Å². The Morgan fingerprint density at radius 3 is 1.88 bits per heavy atom. The van der Waals surface area contributed by atoms with Gasteiger partial charge in [0.2, 0.25) is 0 Å². The Labute approximate surface area is 290 Å². The number of aromatic nitrogens is 2. The highest BCUT2D eigenvalue weighted by Crippen LogP contribution is 2.55. The third kappa shape index (κ3) is 3.50. The second kappa shape index (κ2) is 9.50. The molecular weight excluding hydrogens is 633 g/mol. The van der Waals surface area contributed by atoms with Crippen LogP contribution in [-0.4, -0.2) is 9.13 Å². The molecule has 0 spiro atoms. The molecule has 3 atom stereocenters. The van der Waals surface area contributed by atoms with Crippen molar-refractivity contribution in [3.05, 3.63) is 138 Å². The number of hydrogen-bond acceptors (Lipinski definition) is 2. The number of thiophene rings is 2. The lowest BCUT2D eigenvalue weighted by Gasteiger charge is -2.12. The first-order valence-electron chi connectivity index (χ1n) is 17.3. The standard InChI is InChI=1S/C45H30N2S2/c1-25-33-23-26(33)15-21-40-41(25)34-24-28(16-22-39(34)48-40)47-36-14-8-6-12-32(36)43-38(47)20-18-30-29-17-19-37-42(44(29)49-45(30)43)31-11-5-7-13-35(31)46(37)27-9-3-2-4-10-27/h2-22,24-26,33H,23H2,1H3. The van der Waals surface area contributed by atoms with Gasteiger partial charge in [-0.3, -0.25) is 0 Å². The maximum Gasteiger partial charge on any atom is 0.0555 e. The average Bonchev–Trinajstić information content (AvgIpc) is 3.39. The van der Waals surface area contributed by atoms with E-state index < -0.39 is 0 Å². The van der Waals surface area contributed by atoms with Crippen molar-refractivity contribution in [3.8, 4) is 11.4 Å². The second-order valence-electron chi connectivity index (χ2n) is 14.1. The fourth-order valence-electron chi connectivity index (χ4n) is 9.24. The Balaban J connectivity index is 1.16. The Morgan fingerprint density at radius 2 is 1.18 bits per heavy atom. The lowest BCUT2D eigenvalue weighted by molar-refractivity contribution is 0.645. The van der Waals surface area contributed by atoms with Gasteiger partial charge in [-0.15, -0.1) is 22.7 Å². The predicted octanol–water partition coefficient (Wildman–Crippen LogP) is 13.2. The fourth-order valence-corrected chi connectivity index (χ4v) is 11.9. The summed E-state index contributed by atoms with van der Waals surface area (Å²) < 4.78 is 9.08. The molecule has 0 bridgehead atoms. The highest BCUT2D eigenvalue weighted by Gasteiger charge is 2.42. The highest BCUT2D eigenvalue weighted by atomic mass is 32.1. The minimum absolute atomic E-state index is 0.597. The van der Waals surface area contributed by atoms with E-state index in [1.165, 1.54) is 96.5 Å².